The van der Waals surface area contributed by atoms with Crippen molar-refractivity contribution < 1.29 is 14.3 Å². The molecule has 1 fully saturated rings. The zero-order valence-electron chi connectivity index (χ0n) is 17.4. The fourth-order valence-electron chi connectivity index (χ4n) is 3.28. The molecular formula is C22H30N4O3S. The van der Waals surface area contributed by atoms with E-state index < -0.39 is 6.09 Å². The number of benzene rings is 1. The molecule has 2 heterocycles. The molecule has 0 aliphatic carbocycles. The van der Waals surface area contributed by atoms with E-state index >= 15 is 0 Å². The maximum Gasteiger partial charge on any atom is 0.407 e. The molecule has 2 amide bonds. The van der Waals surface area contributed by atoms with Crippen molar-refractivity contribution in [2.75, 3.05) is 25.0 Å². The summed E-state index contributed by atoms with van der Waals surface area (Å²) in [5, 5.41) is 8.16. The van der Waals surface area contributed by atoms with Gasteiger partial charge in [-0.1, -0.05) is 37.3 Å². The van der Waals surface area contributed by atoms with Crippen LogP contribution in [0.3, 0.4) is 0 Å². The highest BCUT2D eigenvalue weighted by Crippen LogP contribution is 2.21. The van der Waals surface area contributed by atoms with E-state index in [4.69, 9.17) is 4.74 Å². The van der Waals surface area contributed by atoms with Crippen LogP contribution in [-0.4, -0.2) is 41.5 Å². The lowest BCUT2D eigenvalue weighted by atomic mass is 9.99. The summed E-state index contributed by atoms with van der Waals surface area (Å²) < 4.78 is 5.14. The van der Waals surface area contributed by atoms with Crippen molar-refractivity contribution in [3.63, 3.8) is 0 Å². The van der Waals surface area contributed by atoms with Crippen LogP contribution < -0.4 is 10.6 Å². The largest absolute Gasteiger partial charge is 0.445 e. The summed E-state index contributed by atoms with van der Waals surface area (Å²) in [4.78, 5) is 30.7. The number of hydrogen-bond donors (Lipinski definition) is 2. The molecule has 1 aromatic carbocycles. The van der Waals surface area contributed by atoms with Crippen LogP contribution in [-0.2, 0) is 22.7 Å². The molecule has 162 valence electrons. The zero-order chi connectivity index (χ0) is 21.2. The number of aromatic nitrogens is 1. The lowest BCUT2D eigenvalue weighted by Gasteiger charge is -2.29. The molecule has 2 N–H and O–H groups in total. The molecule has 3 rings (SSSR count). The van der Waals surface area contributed by atoms with Crippen LogP contribution in [0.1, 0.15) is 43.9 Å². The predicted molar refractivity (Wildman–Crippen MR) is 118 cm³/mol. The first-order valence-electron chi connectivity index (χ1n) is 10.5. The van der Waals surface area contributed by atoms with Crippen molar-refractivity contribution in [3.05, 3.63) is 47.0 Å². The van der Waals surface area contributed by atoms with E-state index in [1.165, 1.54) is 24.2 Å². The van der Waals surface area contributed by atoms with Crippen LogP contribution in [0, 0.1) is 5.92 Å². The maximum atomic E-state index is 12.1. The van der Waals surface area contributed by atoms with E-state index in [0.29, 0.717) is 24.5 Å². The van der Waals surface area contributed by atoms with Gasteiger partial charge < -0.3 is 15.4 Å². The minimum absolute atomic E-state index is 0.0952. The summed E-state index contributed by atoms with van der Waals surface area (Å²) in [5.41, 5.74) is 1.94. The van der Waals surface area contributed by atoms with Crippen LogP contribution >= 0.6 is 11.3 Å². The number of alkyl carbamates (subject to hydrolysis) is 1. The Kier molecular flexibility index (Phi) is 8.65. The summed E-state index contributed by atoms with van der Waals surface area (Å²) in [6.07, 6.45) is 2.85. The number of carbonyl (C=O) groups is 2. The number of amides is 2. The number of anilines is 1. The quantitative estimate of drug-likeness (QED) is 0.587. The number of rotatable bonds is 9. The Morgan fingerprint density at radius 1 is 1.23 bits per heavy atom. The topological polar surface area (TPSA) is 83.6 Å². The first-order valence-corrected chi connectivity index (χ1v) is 11.4. The molecule has 7 nitrogen and oxygen atoms in total. The Morgan fingerprint density at radius 3 is 2.77 bits per heavy atom. The number of nitrogens with zero attached hydrogens (tertiary/aromatic N) is 2. The molecule has 0 atom stereocenters. The Morgan fingerprint density at radius 2 is 2.00 bits per heavy atom. The van der Waals surface area contributed by atoms with Crippen LogP contribution in [0.4, 0.5) is 9.93 Å². The third-order valence-corrected chi connectivity index (χ3v) is 5.93. The lowest BCUT2D eigenvalue weighted by Crippen LogP contribution is -2.32. The minimum atomic E-state index is -0.476. The first kappa shape index (κ1) is 22.2. The standard InChI is InChI=1S/C22H30N4O3S/c1-17-9-12-26(13-10-17)14-19-16-30-21(24-19)25-20(27)8-5-11-23-22(28)29-15-18-6-3-2-4-7-18/h2-4,6-7,16-17H,5,8-15H2,1H3,(H,23,28)(H,24,25,27). The van der Waals surface area contributed by atoms with E-state index in [-0.39, 0.29) is 12.5 Å². The molecule has 1 aliphatic rings. The Labute approximate surface area is 181 Å². The van der Waals surface area contributed by atoms with Crippen molar-refractivity contribution >= 4 is 28.5 Å². The minimum Gasteiger partial charge on any atom is -0.445 e. The number of ether oxygens (including phenoxy) is 1. The van der Waals surface area contributed by atoms with Crippen LogP contribution in [0.25, 0.3) is 0 Å². The molecule has 1 aromatic heterocycles. The van der Waals surface area contributed by atoms with Crippen molar-refractivity contribution in [2.24, 2.45) is 5.92 Å². The molecule has 0 bridgehead atoms. The fraction of sp³-hybridized carbons (Fsp3) is 0.500. The van der Waals surface area contributed by atoms with Gasteiger partial charge >= 0.3 is 6.09 Å². The van der Waals surface area contributed by atoms with E-state index in [2.05, 4.69) is 27.4 Å². The summed E-state index contributed by atoms with van der Waals surface area (Å²) in [6, 6.07) is 9.50. The third-order valence-electron chi connectivity index (χ3n) is 5.12. The SMILES string of the molecule is CC1CCN(Cc2csc(NC(=O)CCCNC(=O)OCc3ccccc3)n2)CC1. The molecule has 30 heavy (non-hydrogen) atoms. The maximum absolute atomic E-state index is 12.1. The molecule has 8 heteroatoms. The fourth-order valence-corrected chi connectivity index (χ4v) is 4.00. The van der Waals surface area contributed by atoms with Crippen LogP contribution in [0.2, 0.25) is 0 Å². The van der Waals surface area contributed by atoms with Gasteiger partial charge in [-0.25, -0.2) is 9.78 Å². The monoisotopic (exact) mass is 430 g/mol. The molecular weight excluding hydrogens is 400 g/mol. The molecule has 1 aliphatic heterocycles. The second-order valence-electron chi connectivity index (χ2n) is 7.74. The lowest BCUT2D eigenvalue weighted by molar-refractivity contribution is -0.116. The summed E-state index contributed by atoms with van der Waals surface area (Å²) >= 11 is 1.46. The van der Waals surface area contributed by atoms with Crippen molar-refractivity contribution in [1.82, 2.24) is 15.2 Å². The summed E-state index contributed by atoms with van der Waals surface area (Å²) in [6.45, 7) is 5.99. The summed E-state index contributed by atoms with van der Waals surface area (Å²) in [7, 11) is 0. The van der Waals surface area contributed by atoms with Gasteiger partial charge in [-0.2, -0.15) is 0 Å². The number of hydrogen-bond acceptors (Lipinski definition) is 6. The first-order chi connectivity index (χ1) is 14.6. The highest BCUT2D eigenvalue weighted by atomic mass is 32.1. The average molecular weight is 431 g/mol. The number of carbonyl (C=O) groups excluding carboxylic acids is 2. The van der Waals surface area contributed by atoms with Gasteiger partial charge in [0.15, 0.2) is 5.13 Å². The number of thiazole rings is 1. The van der Waals surface area contributed by atoms with E-state index in [1.54, 1.807) is 0 Å². The highest BCUT2D eigenvalue weighted by molar-refractivity contribution is 7.13. The van der Waals surface area contributed by atoms with Gasteiger partial charge in [-0.05, 0) is 43.8 Å². The molecule has 0 saturated carbocycles. The second kappa shape index (κ2) is 11.7. The van der Waals surface area contributed by atoms with Crippen LogP contribution in [0.15, 0.2) is 35.7 Å². The normalized spacial score (nSPS) is 15.0. The third kappa shape index (κ3) is 7.76. The molecule has 0 radical (unpaired) electrons. The van der Waals surface area contributed by atoms with E-state index in [1.807, 2.05) is 35.7 Å². The Hall–Kier alpha value is -2.45. The Bertz CT molecular complexity index is 804. The van der Waals surface area contributed by atoms with Gasteiger partial charge in [0.2, 0.25) is 5.91 Å². The molecule has 0 spiro atoms. The van der Waals surface area contributed by atoms with Gasteiger partial charge in [0.1, 0.15) is 6.61 Å². The smallest absolute Gasteiger partial charge is 0.407 e. The van der Waals surface area contributed by atoms with Crippen molar-refractivity contribution in [2.45, 2.75) is 45.8 Å². The number of piperidine rings is 1. The average Bonchev–Trinajstić information content (AvgIpc) is 3.18. The van der Waals surface area contributed by atoms with Crippen molar-refractivity contribution in [3.8, 4) is 0 Å². The second-order valence-corrected chi connectivity index (χ2v) is 8.60. The summed E-state index contributed by atoms with van der Waals surface area (Å²) in [5.74, 6) is 0.717. The molecule has 2 aromatic rings. The number of nitrogens with one attached hydrogen (secondary N) is 2. The van der Waals surface area contributed by atoms with E-state index in [9.17, 15) is 9.59 Å². The highest BCUT2D eigenvalue weighted by Gasteiger charge is 2.17. The van der Waals surface area contributed by atoms with Gasteiger partial charge in [-0.3, -0.25) is 9.69 Å². The van der Waals surface area contributed by atoms with Crippen molar-refractivity contribution in [1.29, 1.82) is 0 Å². The molecule has 1 saturated heterocycles. The van der Waals surface area contributed by atoms with Gasteiger partial charge in [0.05, 0.1) is 5.69 Å². The van der Waals surface area contributed by atoms with Gasteiger partial charge in [0.25, 0.3) is 0 Å². The van der Waals surface area contributed by atoms with E-state index in [0.717, 1.165) is 36.8 Å². The number of likely N-dealkylation sites (tertiary alicyclic amines) is 1. The van der Waals surface area contributed by atoms with Crippen LogP contribution in [0.5, 0.6) is 0 Å². The molecule has 0 unspecified atom stereocenters. The van der Waals surface area contributed by atoms with Gasteiger partial charge in [0, 0.05) is 24.9 Å². The van der Waals surface area contributed by atoms with Gasteiger partial charge in [-0.15, -0.1) is 11.3 Å². The zero-order valence-corrected chi connectivity index (χ0v) is 18.2. The predicted octanol–water partition coefficient (Wildman–Crippen LogP) is 4.02. The Balaban J connectivity index is 1.27.